The van der Waals surface area contributed by atoms with E-state index >= 15 is 0 Å². The second-order valence-corrected chi connectivity index (χ2v) is 8.09. The number of aromatic nitrogens is 1. The number of hydrogen-bond acceptors (Lipinski definition) is 5. The van der Waals surface area contributed by atoms with Crippen molar-refractivity contribution in [3.05, 3.63) is 39.3 Å². The molecule has 0 radical (unpaired) electrons. The quantitative estimate of drug-likeness (QED) is 0.846. The summed E-state index contributed by atoms with van der Waals surface area (Å²) in [6.07, 6.45) is 1.73. The first-order valence-electron chi connectivity index (χ1n) is 6.52. The smallest absolute Gasteiger partial charge is 0.241 e. The van der Waals surface area contributed by atoms with Gasteiger partial charge in [-0.2, -0.15) is 0 Å². The van der Waals surface area contributed by atoms with Gasteiger partial charge in [0, 0.05) is 16.8 Å². The molecule has 5 nitrogen and oxygen atoms in total. The first-order valence-corrected chi connectivity index (χ1v) is 8.82. The normalized spacial score (nSPS) is 13.3. The van der Waals surface area contributed by atoms with Gasteiger partial charge in [-0.15, -0.1) is 11.3 Å². The number of nitrogens with zero attached hydrogens (tertiary/aromatic N) is 1. The van der Waals surface area contributed by atoms with Gasteiger partial charge in [-0.1, -0.05) is 0 Å². The molecule has 2 rings (SSSR count). The number of aryl methyl sites for hydroxylation is 2. The molecule has 2 aromatic rings. The Morgan fingerprint density at radius 2 is 1.95 bits per heavy atom. The van der Waals surface area contributed by atoms with Gasteiger partial charge in [0.2, 0.25) is 10.0 Å². The molecule has 114 valence electrons. The maximum Gasteiger partial charge on any atom is 0.241 e. The molecule has 0 spiro atoms. The Morgan fingerprint density at radius 1 is 1.29 bits per heavy atom. The van der Waals surface area contributed by atoms with Crippen LogP contribution in [0.15, 0.2) is 23.2 Å². The number of thiazole rings is 1. The Kier molecular flexibility index (Phi) is 4.36. The van der Waals surface area contributed by atoms with Crippen molar-refractivity contribution in [1.82, 2.24) is 9.71 Å². The van der Waals surface area contributed by atoms with E-state index in [1.807, 2.05) is 20.8 Å². The molecule has 1 aromatic heterocycles. The van der Waals surface area contributed by atoms with Crippen molar-refractivity contribution in [2.24, 2.45) is 0 Å². The Bertz CT molecular complexity index is 743. The van der Waals surface area contributed by atoms with E-state index in [1.54, 1.807) is 19.2 Å². The van der Waals surface area contributed by atoms with Gasteiger partial charge in [-0.25, -0.2) is 18.1 Å². The summed E-state index contributed by atoms with van der Waals surface area (Å²) in [6, 6.07) is 2.75. The minimum atomic E-state index is -3.62. The van der Waals surface area contributed by atoms with Gasteiger partial charge in [0.15, 0.2) is 0 Å². The summed E-state index contributed by atoms with van der Waals surface area (Å²) in [5.74, 6) is 0. The topological polar surface area (TPSA) is 85.1 Å². The maximum atomic E-state index is 12.4. The van der Waals surface area contributed by atoms with Gasteiger partial charge in [0.05, 0.1) is 10.9 Å². The minimum Gasteiger partial charge on any atom is -0.398 e. The Balaban J connectivity index is 2.30. The zero-order valence-corrected chi connectivity index (χ0v) is 14.1. The van der Waals surface area contributed by atoms with Crippen LogP contribution in [0.5, 0.6) is 0 Å². The molecule has 0 aliphatic heterocycles. The van der Waals surface area contributed by atoms with Crippen LogP contribution in [0.1, 0.15) is 34.0 Å². The molecule has 1 unspecified atom stereocenters. The second kappa shape index (κ2) is 5.75. The van der Waals surface area contributed by atoms with Crippen molar-refractivity contribution >= 4 is 27.0 Å². The lowest BCUT2D eigenvalue weighted by Gasteiger charge is -2.14. The number of sulfonamides is 1. The monoisotopic (exact) mass is 325 g/mol. The minimum absolute atomic E-state index is 0.184. The first-order chi connectivity index (χ1) is 9.70. The third-order valence-corrected chi connectivity index (χ3v) is 5.95. The van der Waals surface area contributed by atoms with Crippen molar-refractivity contribution in [2.75, 3.05) is 5.73 Å². The molecular weight excluding hydrogens is 306 g/mol. The molecule has 0 aliphatic carbocycles. The van der Waals surface area contributed by atoms with E-state index in [0.717, 1.165) is 21.0 Å². The summed E-state index contributed by atoms with van der Waals surface area (Å²) < 4.78 is 27.5. The predicted molar refractivity (Wildman–Crippen MR) is 85.9 cm³/mol. The van der Waals surface area contributed by atoms with Crippen LogP contribution in [0, 0.1) is 20.8 Å². The molecule has 0 bridgehead atoms. The SMILES string of the molecule is Cc1cnc(C(C)NS(=O)(=O)c2cc(C)c(C)c(N)c2)s1. The van der Waals surface area contributed by atoms with Gasteiger partial charge in [-0.05, 0) is 51.0 Å². The molecular formula is C14H19N3O2S2. The van der Waals surface area contributed by atoms with Crippen molar-refractivity contribution in [2.45, 2.75) is 38.6 Å². The van der Waals surface area contributed by atoms with Crippen LogP contribution in [-0.4, -0.2) is 13.4 Å². The number of nitrogens with two attached hydrogens (primary N) is 1. The second-order valence-electron chi connectivity index (χ2n) is 5.11. The highest BCUT2D eigenvalue weighted by Gasteiger charge is 2.21. The predicted octanol–water partition coefficient (Wildman–Crippen LogP) is 2.69. The number of rotatable bonds is 4. The largest absolute Gasteiger partial charge is 0.398 e. The highest BCUT2D eigenvalue weighted by molar-refractivity contribution is 7.89. The van der Waals surface area contributed by atoms with Crippen molar-refractivity contribution in [3.8, 4) is 0 Å². The number of benzene rings is 1. The summed E-state index contributed by atoms with van der Waals surface area (Å²) in [4.78, 5) is 5.44. The zero-order valence-electron chi connectivity index (χ0n) is 12.5. The van der Waals surface area contributed by atoms with Crippen LogP contribution in [0.3, 0.4) is 0 Å². The van der Waals surface area contributed by atoms with Gasteiger partial charge in [0.25, 0.3) is 0 Å². The third kappa shape index (κ3) is 3.42. The Hall–Kier alpha value is -1.44. The lowest BCUT2D eigenvalue weighted by atomic mass is 10.1. The van der Waals surface area contributed by atoms with E-state index in [-0.39, 0.29) is 10.9 Å². The molecule has 1 heterocycles. The van der Waals surface area contributed by atoms with Crippen LogP contribution >= 0.6 is 11.3 Å². The number of anilines is 1. The van der Waals surface area contributed by atoms with Crippen LogP contribution < -0.4 is 10.5 Å². The third-order valence-electron chi connectivity index (χ3n) is 3.33. The number of hydrogen-bond donors (Lipinski definition) is 2. The summed E-state index contributed by atoms with van der Waals surface area (Å²) >= 11 is 1.48. The van der Waals surface area contributed by atoms with E-state index in [9.17, 15) is 8.42 Å². The molecule has 0 amide bonds. The molecule has 21 heavy (non-hydrogen) atoms. The zero-order chi connectivity index (χ0) is 15.8. The van der Waals surface area contributed by atoms with E-state index < -0.39 is 10.0 Å². The summed E-state index contributed by atoms with van der Waals surface area (Å²) in [5, 5.41) is 0.743. The fourth-order valence-electron chi connectivity index (χ4n) is 1.93. The van der Waals surface area contributed by atoms with Crippen molar-refractivity contribution < 1.29 is 8.42 Å². The lowest BCUT2D eigenvalue weighted by Crippen LogP contribution is -2.27. The van der Waals surface area contributed by atoms with E-state index in [4.69, 9.17) is 5.73 Å². The summed E-state index contributed by atoms with van der Waals surface area (Å²) in [7, 11) is -3.62. The van der Waals surface area contributed by atoms with Crippen LogP contribution in [0.4, 0.5) is 5.69 Å². The number of nitrogen functional groups attached to an aromatic ring is 1. The Labute approximate surface area is 129 Å². The average Bonchev–Trinajstić information content (AvgIpc) is 2.81. The summed E-state index contributed by atoms with van der Waals surface area (Å²) in [6.45, 7) is 7.43. The molecule has 0 fully saturated rings. The van der Waals surface area contributed by atoms with Crippen molar-refractivity contribution in [3.63, 3.8) is 0 Å². The molecule has 3 N–H and O–H groups in total. The van der Waals surface area contributed by atoms with Crippen LogP contribution in [0.2, 0.25) is 0 Å². The van der Waals surface area contributed by atoms with E-state index in [2.05, 4.69) is 9.71 Å². The Morgan fingerprint density at radius 3 is 2.48 bits per heavy atom. The summed E-state index contributed by atoms with van der Waals surface area (Å²) in [5.41, 5.74) is 8.10. The van der Waals surface area contributed by atoms with E-state index in [1.165, 1.54) is 17.4 Å². The molecule has 7 heteroatoms. The van der Waals surface area contributed by atoms with Gasteiger partial charge >= 0.3 is 0 Å². The van der Waals surface area contributed by atoms with Gasteiger partial charge in [0.1, 0.15) is 5.01 Å². The average molecular weight is 325 g/mol. The lowest BCUT2D eigenvalue weighted by molar-refractivity contribution is 0.566. The molecule has 1 atom stereocenters. The molecule has 0 saturated carbocycles. The molecule has 0 saturated heterocycles. The highest BCUT2D eigenvalue weighted by Crippen LogP contribution is 2.24. The highest BCUT2D eigenvalue weighted by atomic mass is 32.2. The van der Waals surface area contributed by atoms with Crippen LogP contribution in [-0.2, 0) is 10.0 Å². The van der Waals surface area contributed by atoms with Crippen LogP contribution in [0.25, 0.3) is 0 Å². The van der Waals surface area contributed by atoms with Gasteiger partial charge in [-0.3, -0.25) is 0 Å². The fraction of sp³-hybridized carbons (Fsp3) is 0.357. The molecule has 1 aromatic carbocycles. The van der Waals surface area contributed by atoms with Crippen molar-refractivity contribution in [1.29, 1.82) is 0 Å². The standard InChI is InChI=1S/C14H19N3O2S2/c1-8-5-12(6-13(15)10(8)3)21(18,19)17-11(4)14-16-7-9(2)20-14/h5-7,11,17H,15H2,1-4H3. The number of nitrogens with one attached hydrogen (secondary N) is 1. The maximum absolute atomic E-state index is 12.4. The first kappa shape index (κ1) is 15.9. The fourth-order valence-corrected chi connectivity index (χ4v) is 4.11. The van der Waals surface area contributed by atoms with E-state index in [0.29, 0.717) is 5.69 Å². The van der Waals surface area contributed by atoms with Gasteiger partial charge < -0.3 is 5.73 Å². The molecule has 0 aliphatic rings.